The van der Waals surface area contributed by atoms with Gasteiger partial charge in [-0.25, -0.2) is 14.5 Å². The van der Waals surface area contributed by atoms with Crippen molar-refractivity contribution in [2.75, 3.05) is 23.1 Å². The lowest BCUT2D eigenvalue weighted by Gasteiger charge is -2.23. The van der Waals surface area contributed by atoms with Crippen LogP contribution in [0.4, 0.5) is 29.3 Å². The zero-order valence-corrected chi connectivity index (χ0v) is 25.8. The first-order valence-corrected chi connectivity index (χ1v) is 15.2. The molecule has 1 saturated heterocycles. The second-order valence-electron chi connectivity index (χ2n) is 9.53. The minimum absolute atomic E-state index is 0.0579. The van der Waals surface area contributed by atoms with Gasteiger partial charge in [0.25, 0.3) is 0 Å². The molecule has 0 bridgehead atoms. The first-order valence-electron chi connectivity index (χ1n) is 13.0. The van der Waals surface area contributed by atoms with Gasteiger partial charge in [-0.15, -0.1) is 5.10 Å². The topological polar surface area (TPSA) is 102 Å². The molecule has 3 aromatic carbocycles. The quantitative estimate of drug-likeness (QED) is 0.201. The van der Waals surface area contributed by atoms with Crippen molar-refractivity contribution < 1.29 is 27.5 Å². The fourth-order valence-electron chi connectivity index (χ4n) is 4.31. The van der Waals surface area contributed by atoms with Crippen LogP contribution in [0.2, 0.25) is 5.02 Å². The first-order chi connectivity index (χ1) is 20.9. The van der Waals surface area contributed by atoms with Crippen molar-refractivity contribution >= 4 is 63.6 Å². The minimum Gasteiger partial charge on any atom is -0.377 e. The molecule has 1 aliphatic heterocycles. The number of thioether (sulfide) groups is 2. The maximum absolute atomic E-state index is 12.9. The molecule has 1 aliphatic rings. The van der Waals surface area contributed by atoms with Gasteiger partial charge in [0, 0.05) is 23.1 Å². The highest BCUT2D eigenvalue weighted by molar-refractivity contribution is 8.15. The van der Waals surface area contributed by atoms with Crippen LogP contribution in [0.25, 0.3) is 17.1 Å². The van der Waals surface area contributed by atoms with Gasteiger partial charge in [-0.1, -0.05) is 35.5 Å². The summed E-state index contributed by atoms with van der Waals surface area (Å²) >= 11 is 7.43. The summed E-state index contributed by atoms with van der Waals surface area (Å²) in [5, 5.41) is 7.47. The summed E-state index contributed by atoms with van der Waals surface area (Å²) in [6.07, 6.45) is 1.14. The number of hydrogen-bond donors (Lipinski definition) is 1. The largest absolute Gasteiger partial charge is 0.446 e. The highest BCUT2D eigenvalue weighted by Crippen LogP contribution is 2.37. The van der Waals surface area contributed by atoms with Gasteiger partial charge in [0.15, 0.2) is 11.0 Å². The van der Waals surface area contributed by atoms with Crippen molar-refractivity contribution in [3.63, 3.8) is 0 Å². The molecule has 0 spiro atoms. The van der Waals surface area contributed by atoms with E-state index in [9.17, 15) is 22.8 Å². The molecule has 5 rings (SSSR count). The number of anilines is 2. The zero-order chi connectivity index (χ0) is 31.6. The number of carbonyl (C=O) groups excluding carboxylic acids is 2. The molecule has 1 atom stereocenters. The number of methoxy groups -OCH3 is 1. The van der Waals surface area contributed by atoms with E-state index in [1.807, 2.05) is 32.0 Å². The van der Waals surface area contributed by atoms with Crippen LogP contribution in [-0.4, -0.2) is 50.2 Å². The number of aliphatic imine (C=N–C) groups is 1. The molecule has 0 aliphatic carbocycles. The third kappa shape index (κ3) is 7.26. The van der Waals surface area contributed by atoms with E-state index in [1.54, 1.807) is 25.3 Å². The van der Waals surface area contributed by atoms with Crippen LogP contribution in [0, 0.1) is 6.92 Å². The van der Waals surface area contributed by atoms with Crippen molar-refractivity contribution in [2.45, 2.75) is 30.4 Å². The molecular weight excluding hydrogens is 637 g/mol. The molecular formula is C29H24ClF3N6O3S2. The Balaban J connectivity index is 1.31. The van der Waals surface area contributed by atoms with Crippen molar-refractivity contribution in [3.8, 4) is 17.1 Å². The fraction of sp³-hybridized carbons (Fsp3) is 0.207. The molecule has 1 unspecified atom stereocenters. The molecule has 1 aromatic heterocycles. The van der Waals surface area contributed by atoms with Gasteiger partial charge in [0.05, 0.1) is 33.9 Å². The van der Waals surface area contributed by atoms with Gasteiger partial charge >= 0.3 is 11.5 Å². The third-order valence-electron chi connectivity index (χ3n) is 6.48. The van der Waals surface area contributed by atoms with E-state index < -0.39 is 11.5 Å². The Morgan fingerprint density at radius 3 is 2.59 bits per heavy atom. The van der Waals surface area contributed by atoms with E-state index in [0.717, 1.165) is 22.9 Å². The summed E-state index contributed by atoms with van der Waals surface area (Å²) < 4.78 is 44.7. The number of benzene rings is 3. The summed E-state index contributed by atoms with van der Waals surface area (Å²) in [4.78, 5) is 35.7. The summed E-state index contributed by atoms with van der Waals surface area (Å²) in [7, 11) is 1.58. The smallest absolute Gasteiger partial charge is 0.377 e. The number of alkyl halides is 3. The van der Waals surface area contributed by atoms with Crippen LogP contribution in [0.15, 0.2) is 76.9 Å². The molecule has 0 radical (unpaired) electrons. The molecule has 4 aromatic rings. The van der Waals surface area contributed by atoms with Crippen molar-refractivity contribution in [2.24, 2.45) is 4.99 Å². The fourth-order valence-corrected chi connectivity index (χ4v) is 5.93. The summed E-state index contributed by atoms with van der Waals surface area (Å²) in [6, 6.07) is 15.5. The highest BCUT2D eigenvalue weighted by Gasteiger charge is 2.33. The monoisotopic (exact) mass is 660 g/mol. The van der Waals surface area contributed by atoms with Crippen molar-refractivity contribution in [3.05, 3.63) is 83.1 Å². The molecule has 15 heteroatoms. The van der Waals surface area contributed by atoms with Crippen LogP contribution in [-0.2, 0) is 9.53 Å². The summed E-state index contributed by atoms with van der Waals surface area (Å²) in [5.74, 6) is 0.240. The number of amides is 3. The normalized spacial score (nSPS) is 15.2. The Kier molecular flexibility index (Phi) is 9.34. The van der Waals surface area contributed by atoms with E-state index in [2.05, 4.69) is 20.4 Å². The van der Waals surface area contributed by atoms with Gasteiger partial charge in [0.1, 0.15) is 6.33 Å². The summed E-state index contributed by atoms with van der Waals surface area (Å²) in [5.41, 5.74) is -0.693. The second kappa shape index (κ2) is 13.0. The van der Waals surface area contributed by atoms with E-state index in [4.69, 9.17) is 16.3 Å². The molecule has 9 nitrogen and oxygen atoms in total. The third-order valence-corrected chi connectivity index (χ3v) is 8.45. The number of nitrogens with one attached hydrogen (secondary N) is 1. The van der Waals surface area contributed by atoms with E-state index in [0.29, 0.717) is 22.8 Å². The van der Waals surface area contributed by atoms with Gasteiger partial charge in [-0.3, -0.25) is 9.69 Å². The molecule has 44 heavy (non-hydrogen) atoms. The molecule has 1 N–H and O–H groups in total. The Morgan fingerprint density at radius 2 is 1.91 bits per heavy atom. The number of halogens is 4. The van der Waals surface area contributed by atoms with Crippen LogP contribution >= 0.6 is 35.1 Å². The molecule has 228 valence electrons. The van der Waals surface area contributed by atoms with Crippen molar-refractivity contribution in [1.82, 2.24) is 14.8 Å². The lowest BCUT2D eigenvalue weighted by molar-refractivity contribution is -0.115. The number of ether oxygens (including phenoxy) is 1. The van der Waals surface area contributed by atoms with Crippen LogP contribution < -0.4 is 10.2 Å². The van der Waals surface area contributed by atoms with Crippen molar-refractivity contribution in [1.29, 1.82) is 0 Å². The lowest BCUT2D eigenvalue weighted by atomic mass is 10.0. The number of aryl methyl sites for hydroxylation is 1. The van der Waals surface area contributed by atoms with Gasteiger partial charge in [-0.05, 0) is 79.7 Å². The first kappa shape index (κ1) is 31.6. The van der Waals surface area contributed by atoms with E-state index in [1.165, 1.54) is 40.2 Å². The van der Waals surface area contributed by atoms with Crippen LogP contribution in [0.1, 0.15) is 24.2 Å². The zero-order valence-electron chi connectivity index (χ0n) is 23.4. The van der Waals surface area contributed by atoms with Crippen LogP contribution in [0.5, 0.6) is 0 Å². The minimum atomic E-state index is -4.37. The number of rotatable bonds is 7. The maximum atomic E-state index is 12.9. The van der Waals surface area contributed by atoms with Gasteiger partial charge in [-0.2, -0.15) is 18.2 Å². The standard InChI is InChI=1S/C29H24ClF3N6O3S2/c1-16-4-10-21(17(2)42-3)24(12-16)39-25(40)14-43-28(39)36-27(41)35-23-11-5-18(13-22(23)30)26-34-15-38(37-26)19-6-8-20(9-7-19)44-29(31,32)33/h4-13,15,17H,14H2,1-3H3,(H,35,41). The molecule has 0 saturated carbocycles. The number of amidine groups is 1. The van der Waals surface area contributed by atoms with Gasteiger partial charge < -0.3 is 10.1 Å². The Labute approximate surface area is 263 Å². The Bertz CT molecular complexity index is 1750. The lowest BCUT2D eigenvalue weighted by Crippen LogP contribution is -2.31. The van der Waals surface area contributed by atoms with E-state index >= 15 is 0 Å². The average Bonchev–Trinajstić information content (AvgIpc) is 3.60. The number of hydrogen-bond acceptors (Lipinski definition) is 7. The Morgan fingerprint density at radius 1 is 1.16 bits per heavy atom. The van der Waals surface area contributed by atoms with Gasteiger partial charge in [0.2, 0.25) is 5.91 Å². The maximum Gasteiger partial charge on any atom is 0.446 e. The van der Waals surface area contributed by atoms with E-state index in [-0.39, 0.29) is 50.3 Å². The predicted molar refractivity (Wildman–Crippen MR) is 167 cm³/mol. The highest BCUT2D eigenvalue weighted by atomic mass is 35.5. The number of carbonyl (C=O) groups is 2. The van der Waals surface area contributed by atoms with Crippen LogP contribution in [0.3, 0.4) is 0 Å². The predicted octanol–water partition coefficient (Wildman–Crippen LogP) is 7.88. The number of nitrogens with zero attached hydrogens (tertiary/aromatic N) is 5. The average molecular weight is 661 g/mol. The summed E-state index contributed by atoms with van der Waals surface area (Å²) in [6.45, 7) is 3.78. The number of aromatic nitrogens is 3. The Hall–Kier alpha value is -3.85. The SMILES string of the molecule is COC(C)c1ccc(C)cc1N1C(=O)CSC1=NC(=O)Nc1ccc(-c2ncn(-c3ccc(SC(F)(F)F)cc3)n2)cc1Cl. The molecule has 1 fully saturated rings. The second-order valence-corrected chi connectivity index (χ2v) is 12.0. The molecule has 2 heterocycles. The molecule has 3 amide bonds. The number of urea groups is 1.